The quantitative estimate of drug-likeness (QED) is 0.0260. The van der Waals surface area contributed by atoms with Crippen LogP contribution in [-0.4, -0.2) is 35.0 Å². The first-order chi connectivity index (χ1) is 21.9. The monoisotopic (exact) mass is 633 g/mol. The summed E-state index contributed by atoms with van der Waals surface area (Å²) in [6.45, 7) is 4.02. The first-order valence-electron chi connectivity index (χ1n) is 14.7. The Hall–Kier alpha value is -4.65. The molecule has 0 aliphatic heterocycles. The molecule has 0 saturated carbocycles. The van der Waals surface area contributed by atoms with E-state index in [4.69, 9.17) is 16.3 Å². The molecule has 0 saturated heterocycles. The second-order valence-corrected chi connectivity index (χ2v) is 12.0. The van der Waals surface area contributed by atoms with Crippen molar-refractivity contribution in [3.63, 3.8) is 0 Å². The molecule has 5 rings (SSSR count). The second-order valence-electron chi connectivity index (χ2n) is 10.4. The van der Waals surface area contributed by atoms with Gasteiger partial charge in [0, 0.05) is 69.3 Å². The number of rotatable bonds is 12. The number of hydrogen-bond acceptors (Lipinski definition) is 5. The van der Waals surface area contributed by atoms with Crippen molar-refractivity contribution in [2.45, 2.75) is 25.2 Å². The molecule has 5 aromatic rings. The molecule has 0 aliphatic carbocycles. The molecule has 7 heteroatoms. The summed E-state index contributed by atoms with van der Waals surface area (Å²) in [6, 6.07) is 41.4. The maximum absolute atomic E-state index is 13.2. The minimum atomic E-state index is -0.369. The number of carbonyl (C=O) groups excluding carboxylic acids is 2. The van der Waals surface area contributed by atoms with E-state index >= 15 is 0 Å². The second kappa shape index (κ2) is 15.4. The Bertz CT molecular complexity index is 1770. The molecule has 226 valence electrons. The van der Waals surface area contributed by atoms with Gasteiger partial charge in [-0.1, -0.05) is 54.1 Å². The summed E-state index contributed by atoms with van der Waals surface area (Å²) in [5, 5.41) is 0.723. The molecule has 0 spiro atoms. The Kier molecular flexibility index (Phi) is 10.9. The molecule has 0 fully saturated rings. The Labute approximate surface area is 273 Å². The Morgan fingerprint density at radius 3 is 2.02 bits per heavy atom. The molecule has 0 N–H and O–H groups in total. The van der Waals surface area contributed by atoms with Gasteiger partial charge in [-0.05, 0) is 85.3 Å². The third kappa shape index (κ3) is 8.50. The molecule has 45 heavy (non-hydrogen) atoms. The topological polar surface area (TPSA) is 49.6 Å². The van der Waals surface area contributed by atoms with E-state index in [1.54, 1.807) is 11.8 Å². The third-order valence-electron chi connectivity index (χ3n) is 7.20. The number of para-hydroxylation sites is 1. The predicted molar refractivity (Wildman–Crippen MR) is 185 cm³/mol. The van der Waals surface area contributed by atoms with Gasteiger partial charge < -0.3 is 9.64 Å². The van der Waals surface area contributed by atoms with Gasteiger partial charge in [-0.15, -0.1) is 11.8 Å². The highest BCUT2D eigenvalue weighted by atomic mass is 35.5. The van der Waals surface area contributed by atoms with E-state index in [1.807, 2.05) is 127 Å². The lowest BCUT2D eigenvalue weighted by Crippen LogP contribution is -2.14. The van der Waals surface area contributed by atoms with Crippen LogP contribution in [0.25, 0.3) is 0 Å². The van der Waals surface area contributed by atoms with Crippen LogP contribution in [0.15, 0.2) is 132 Å². The summed E-state index contributed by atoms with van der Waals surface area (Å²) >= 11 is 7.77. The molecule has 5 aromatic carbocycles. The first kappa shape index (κ1) is 31.8. The van der Waals surface area contributed by atoms with E-state index in [1.165, 1.54) is 13.3 Å². The fourth-order valence-electron chi connectivity index (χ4n) is 4.90. The van der Waals surface area contributed by atoms with Gasteiger partial charge in [-0.2, -0.15) is 4.58 Å². The van der Waals surface area contributed by atoms with Crippen LogP contribution in [0, 0.1) is 6.92 Å². The molecular formula is C38H34ClN2O3S+. The van der Waals surface area contributed by atoms with Crippen molar-refractivity contribution < 1.29 is 18.9 Å². The molecule has 0 amide bonds. The number of benzene rings is 5. The van der Waals surface area contributed by atoms with E-state index in [9.17, 15) is 9.59 Å². The van der Waals surface area contributed by atoms with Gasteiger partial charge >= 0.3 is 12.4 Å². The molecule has 0 radical (unpaired) electrons. The minimum Gasteiger partial charge on any atom is -0.377 e. The average Bonchev–Trinajstić information content (AvgIpc) is 3.06. The van der Waals surface area contributed by atoms with Gasteiger partial charge in [-0.25, -0.2) is 0 Å². The van der Waals surface area contributed by atoms with Crippen LogP contribution in [-0.2, 0) is 9.53 Å². The number of halogens is 1. The Morgan fingerprint density at radius 2 is 1.38 bits per heavy atom. The van der Waals surface area contributed by atoms with E-state index in [2.05, 4.69) is 17.0 Å². The fraction of sp³-hybridized carbons (Fsp3) is 0.132. The zero-order chi connectivity index (χ0) is 31.6. The highest BCUT2D eigenvalue weighted by Crippen LogP contribution is 2.35. The van der Waals surface area contributed by atoms with Crippen LogP contribution < -0.4 is 4.90 Å². The number of esters is 1. The number of hydrogen-bond donors (Lipinski definition) is 0. The van der Waals surface area contributed by atoms with E-state index < -0.39 is 0 Å². The van der Waals surface area contributed by atoms with Crippen LogP contribution >= 0.6 is 23.4 Å². The molecule has 0 atom stereocenters. The zero-order valence-corrected chi connectivity index (χ0v) is 26.8. The zero-order valence-electron chi connectivity index (χ0n) is 25.2. The lowest BCUT2D eigenvalue weighted by atomic mass is 9.99. The van der Waals surface area contributed by atoms with Crippen LogP contribution in [0.5, 0.6) is 0 Å². The molecule has 0 heterocycles. The third-order valence-corrected chi connectivity index (χ3v) is 8.55. The minimum absolute atomic E-state index is 0.00551. The number of anilines is 3. The van der Waals surface area contributed by atoms with Gasteiger partial charge in [0.15, 0.2) is 12.3 Å². The molecule has 0 aliphatic rings. The molecule has 0 bridgehead atoms. The highest BCUT2D eigenvalue weighted by molar-refractivity contribution is 7.99. The number of ketones is 1. The van der Waals surface area contributed by atoms with Gasteiger partial charge in [-0.3, -0.25) is 9.59 Å². The maximum Gasteiger partial charge on any atom is 0.337 e. The molecule has 0 aromatic heterocycles. The normalized spacial score (nSPS) is 11.2. The fourth-order valence-corrected chi connectivity index (χ4v) is 5.86. The van der Waals surface area contributed by atoms with Crippen molar-refractivity contribution in [2.24, 2.45) is 0 Å². The van der Waals surface area contributed by atoms with Crippen molar-refractivity contribution in [2.75, 3.05) is 17.2 Å². The largest absolute Gasteiger partial charge is 0.377 e. The first-order valence-corrected chi connectivity index (χ1v) is 16.1. The molecule has 5 nitrogen and oxygen atoms in total. The van der Waals surface area contributed by atoms with Gasteiger partial charge in [0.25, 0.3) is 0 Å². The van der Waals surface area contributed by atoms with Crippen molar-refractivity contribution in [3.8, 4) is 0 Å². The highest BCUT2D eigenvalue weighted by Gasteiger charge is 2.17. The summed E-state index contributed by atoms with van der Waals surface area (Å²) in [5.41, 5.74) is 6.08. The van der Waals surface area contributed by atoms with Crippen LogP contribution in [0.1, 0.15) is 34.8 Å². The smallest absolute Gasteiger partial charge is 0.337 e. The SMILES string of the molecule is CC(=O)OC=[N+](CCCSc1ccc(Cl)cc1)c1ccc(N(c2ccccc2)c2ccc(C(=O)c3ccccc3C)cc2)cc1. The van der Waals surface area contributed by atoms with Crippen LogP contribution in [0.2, 0.25) is 5.02 Å². The summed E-state index contributed by atoms with van der Waals surface area (Å²) in [4.78, 5) is 28.1. The lowest BCUT2D eigenvalue weighted by molar-refractivity contribution is -0.443. The summed E-state index contributed by atoms with van der Waals surface area (Å²) in [5.74, 6) is 0.534. The van der Waals surface area contributed by atoms with Gasteiger partial charge in [0.1, 0.15) is 0 Å². The molecule has 0 unspecified atom stereocenters. The number of ether oxygens (including phenoxy) is 1. The predicted octanol–water partition coefficient (Wildman–Crippen LogP) is 9.77. The number of carbonyl (C=O) groups is 2. The number of aryl methyl sites for hydroxylation is 1. The Balaban J connectivity index is 1.36. The van der Waals surface area contributed by atoms with Crippen molar-refractivity contribution in [3.05, 3.63) is 149 Å². The van der Waals surface area contributed by atoms with Crippen molar-refractivity contribution in [1.29, 1.82) is 0 Å². The summed E-state index contributed by atoms with van der Waals surface area (Å²) in [7, 11) is 0. The summed E-state index contributed by atoms with van der Waals surface area (Å²) in [6.07, 6.45) is 2.36. The van der Waals surface area contributed by atoms with Crippen molar-refractivity contribution in [1.82, 2.24) is 0 Å². The average molecular weight is 634 g/mol. The molecular weight excluding hydrogens is 600 g/mol. The Morgan fingerprint density at radius 1 is 0.778 bits per heavy atom. The van der Waals surface area contributed by atoms with E-state index in [0.717, 1.165) is 50.4 Å². The maximum atomic E-state index is 13.2. The lowest BCUT2D eigenvalue weighted by Gasteiger charge is -2.25. The van der Waals surface area contributed by atoms with E-state index in [0.29, 0.717) is 17.7 Å². The van der Waals surface area contributed by atoms with E-state index in [-0.39, 0.29) is 11.8 Å². The summed E-state index contributed by atoms with van der Waals surface area (Å²) < 4.78 is 7.23. The van der Waals surface area contributed by atoms with Crippen LogP contribution in [0.4, 0.5) is 22.7 Å². The number of thioether (sulfide) groups is 1. The van der Waals surface area contributed by atoms with Crippen LogP contribution in [0.3, 0.4) is 0 Å². The number of nitrogens with zero attached hydrogens (tertiary/aromatic N) is 2. The standard InChI is InChI=1S/C38H34ClN2O3S/c1-28-9-6-7-12-37(28)38(43)30-13-17-34(18-14-30)41(33-10-4-3-5-11-33)35-21-19-32(20-22-35)40(27-44-29(2)42)25-8-26-45-36-23-15-31(39)16-24-36/h3-7,9-24,27H,8,25-26H2,1-2H3/q+1. The van der Waals surface area contributed by atoms with Gasteiger partial charge in [0.2, 0.25) is 5.69 Å². The van der Waals surface area contributed by atoms with Gasteiger partial charge in [0.05, 0.1) is 0 Å². The van der Waals surface area contributed by atoms with Crippen molar-refractivity contribution >= 4 is 64.3 Å².